The Morgan fingerprint density at radius 2 is 1.72 bits per heavy atom. The van der Waals surface area contributed by atoms with Crippen LogP contribution in [0.3, 0.4) is 0 Å². The summed E-state index contributed by atoms with van der Waals surface area (Å²) in [5.41, 5.74) is 3.39. The fourth-order valence-electron chi connectivity index (χ4n) is 5.60. The van der Waals surface area contributed by atoms with Gasteiger partial charge in [0.25, 0.3) is 5.56 Å². The molecule has 1 aromatic heterocycles. The molecule has 0 unspecified atom stereocenters. The zero-order valence-corrected chi connectivity index (χ0v) is 20.7. The van der Waals surface area contributed by atoms with Crippen LogP contribution in [0.5, 0.6) is 0 Å². The van der Waals surface area contributed by atoms with E-state index in [4.69, 9.17) is 4.74 Å². The maximum absolute atomic E-state index is 13.6. The maximum atomic E-state index is 13.6. The highest BCUT2D eigenvalue weighted by molar-refractivity contribution is 5.89. The van der Waals surface area contributed by atoms with E-state index in [0.29, 0.717) is 12.0 Å². The van der Waals surface area contributed by atoms with Gasteiger partial charge in [-0.05, 0) is 28.7 Å². The van der Waals surface area contributed by atoms with Crippen molar-refractivity contribution in [2.45, 2.75) is 63.4 Å². The number of hydrogen-bond acceptors (Lipinski definition) is 5. The van der Waals surface area contributed by atoms with Gasteiger partial charge in [0.15, 0.2) is 0 Å². The molecule has 3 N–H and O–H groups in total. The summed E-state index contributed by atoms with van der Waals surface area (Å²) in [6, 6.07) is 16.0. The summed E-state index contributed by atoms with van der Waals surface area (Å²) in [6.07, 6.45) is -0.160. The minimum atomic E-state index is -0.871. The first-order chi connectivity index (χ1) is 17.2. The van der Waals surface area contributed by atoms with Gasteiger partial charge in [-0.3, -0.25) is 19.1 Å². The molecule has 3 aromatic rings. The number of fused-ring (bicyclic) bond motifs is 2. The molecule has 5 rings (SSSR count). The van der Waals surface area contributed by atoms with E-state index in [9.17, 15) is 19.5 Å². The van der Waals surface area contributed by atoms with E-state index < -0.39 is 35.6 Å². The lowest BCUT2D eigenvalue weighted by atomic mass is 9.65. The number of aromatic amines is 1. The zero-order valence-electron chi connectivity index (χ0n) is 20.7. The van der Waals surface area contributed by atoms with Crippen LogP contribution in [0.25, 0.3) is 0 Å². The van der Waals surface area contributed by atoms with Crippen LogP contribution in [0.15, 0.2) is 64.3 Å². The highest BCUT2D eigenvalue weighted by Gasteiger charge is 2.41. The largest absolute Gasteiger partial charge is 0.390 e. The van der Waals surface area contributed by atoms with E-state index >= 15 is 0 Å². The van der Waals surface area contributed by atoms with Crippen molar-refractivity contribution in [1.29, 1.82) is 0 Å². The average Bonchev–Trinajstić information content (AvgIpc) is 3.23. The van der Waals surface area contributed by atoms with Gasteiger partial charge in [-0.2, -0.15) is 0 Å². The number of rotatable bonds is 5. The summed E-state index contributed by atoms with van der Waals surface area (Å²) in [6.45, 7) is 6.26. The standard InChI is InChI=1S/C28H31N3O5/c1-4-16-15-31(27(35)30-25(16)33)23-13-21(32)22(36-23)14-29-26(34)24-17-9-5-7-11-19(17)28(2,3)20-12-8-6-10-18(20)24/h5-12,15,21-24,32H,4,13-14H2,1-3H3,(H,29,34)(H,30,33,35)/t21-,22+,23+/m0/s1. The van der Waals surface area contributed by atoms with Crippen molar-refractivity contribution in [3.63, 3.8) is 0 Å². The molecular formula is C28H31N3O5. The second-order valence-corrected chi connectivity index (χ2v) is 10.1. The lowest BCUT2D eigenvalue weighted by Gasteiger charge is -2.39. The highest BCUT2D eigenvalue weighted by Crippen LogP contribution is 2.46. The molecule has 8 nitrogen and oxygen atoms in total. The molecule has 2 heterocycles. The van der Waals surface area contributed by atoms with E-state index in [1.54, 1.807) is 0 Å². The number of benzene rings is 2. The number of amides is 1. The summed E-state index contributed by atoms with van der Waals surface area (Å²) in [5.74, 6) is -0.646. The van der Waals surface area contributed by atoms with Crippen molar-refractivity contribution in [2.75, 3.05) is 6.54 Å². The average molecular weight is 490 g/mol. The Morgan fingerprint density at radius 3 is 2.33 bits per heavy atom. The summed E-state index contributed by atoms with van der Waals surface area (Å²) in [4.78, 5) is 40.1. The number of H-pyrrole nitrogens is 1. The van der Waals surface area contributed by atoms with Gasteiger partial charge in [-0.15, -0.1) is 0 Å². The summed E-state index contributed by atoms with van der Waals surface area (Å²) >= 11 is 0. The van der Waals surface area contributed by atoms with Gasteiger partial charge < -0.3 is 15.2 Å². The number of carbonyl (C=O) groups is 1. The van der Waals surface area contributed by atoms with E-state index in [1.165, 1.54) is 10.8 Å². The molecule has 2 aliphatic rings. The second kappa shape index (κ2) is 9.19. The van der Waals surface area contributed by atoms with Gasteiger partial charge in [0.2, 0.25) is 5.91 Å². The number of aliphatic hydroxyl groups excluding tert-OH is 1. The molecule has 8 heteroatoms. The highest BCUT2D eigenvalue weighted by atomic mass is 16.5. The molecule has 0 saturated carbocycles. The monoisotopic (exact) mass is 489 g/mol. The second-order valence-electron chi connectivity index (χ2n) is 10.1. The van der Waals surface area contributed by atoms with Crippen molar-refractivity contribution >= 4 is 5.91 Å². The molecule has 0 spiro atoms. The molecule has 36 heavy (non-hydrogen) atoms. The van der Waals surface area contributed by atoms with Crippen LogP contribution in [0.2, 0.25) is 0 Å². The summed E-state index contributed by atoms with van der Waals surface area (Å²) in [5, 5.41) is 13.6. The molecule has 3 atom stereocenters. The minimum absolute atomic E-state index is 0.0967. The lowest BCUT2D eigenvalue weighted by molar-refractivity contribution is -0.122. The molecule has 1 fully saturated rings. The Balaban J connectivity index is 1.36. The molecule has 188 valence electrons. The lowest BCUT2D eigenvalue weighted by Crippen LogP contribution is -2.42. The van der Waals surface area contributed by atoms with Crippen LogP contribution in [-0.2, 0) is 21.4 Å². The van der Waals surface area contributed by atoms with Crippen LogP contribution in [0, 0.1) is 0 Å². The predicted molar refractivity (Wildman–Crippen MR) is 135 cm³/mol. The van der Waals surface area contributed by atoms with Gasteiger partial charge in [-0.25, -0.2) is 4.79 Å². The third kappa shape index (κ3) is 4.00. The minimum Gasteiger partial charge on any atom is -0.390 e. The Morgan fingerprint density at radius 1 is 1.11 bits per heavy atom. The summed E-state index contributed by atoms with van der Waals surface area (Å²) in [7, 11) is 0. The number of carbonyl (C=O) groups excluding carboxylic acids is 1. The first kappa shape index (κ1) is 24.2. The molecule has 1 aliphatic heterocycles. The molecule has 2 aromatic carbocycles. The van der Waals surface area contributed by atoms with Gasteiger partial charge >= 0.3 is 5.69 Å². The number of nitrogens with zero attached hydrogens (tertiary/aromatic N) is 1. The number of ether oxygens (including phenoxy) is 1. The molecule has 0 bridgehead atoms. The quantitative estimate of drug-likeness (QED) is 0.509. The Labute approximate surface area is 209 Å². The van der Waals surface area contributed by atoms with Crippen LogP contribution < -0.4 is 16.6 Å². The predicted octanol–water partition coefficient (Wildman–Crippen LogP) is 2.33. The van der Waals surface area contributed by atoms with Crippen molar-refractivity contribution < 1.29 is 14.6 Å². The number of hydrogen-bond donors (Lipinski definition) is 3. The van der Waals surface area contributed by atoms with Crippen molar-refractivity contribution in [2.24, 2.45) is 0 Å². The fourth-order valence-corrected chi connectivity index (χ4v) is 5.60. The van der Waals surface area contributed by atoms with E-state index in [1.807, 2.05) is 43.3 Å². The van der Waals surface area contributed by atoms with Gasteiger partial charge in [-0.1, -0.05) is 69.3 Å². The normalized spacial score (nSPS) is 22.6. The maximum Gasteiger partial charge on any atom is 0.330 e. The molecular weight excluding hydrogens is 458 g/mol. The zero-order chi connectivity index (χ0) is 25.6. The third-order valence-electron chi connectivity index (χ3n) is 7.57. The number of aryl methyl sites for hydroxylation is 1. The SMILES string of the molecule is CCc1cn([C@H]2C[C@H](O)[C@@H](CNC(=O)C3c4ccccc4C(C)(C)c4ccccc43)O2)c(=O)[nH]c1=O. The van der Waals surface area contributed by atoms with Crippen molar-refractivity contribution in [1.82, 2.24) is 14.9 Å². The molecule has 1 amide bonds. The third-order valence-corrected chi connectivity index (χ3v) is 7.57. The van der Waals surface area contributed by atoms with Crippen molar-refractivity contribution in [3.8, 4) is 0 Å². The topological polar surface area (TPSA) is 113 Å². The Bertz CT molecular complexity index is 1370. The number of nitrogens with one attached hydrogen (secondary N) is 2. The van der Waals surface area contributed by atoms with E-state index in [0.717, 1.165) is 22.3 Å². The number of aromatic nitrogens is 2. The number of aliphatic hydroxyl groups is 1. The van der Waals surface area contributed by atoms with Crippen LogP contribution >= 0.6 is 0 Å². The van der Waals surface area contributed by atoms with E-state index in [-0.39, 0.29) is 24.3 Å². The Kier molecular flexibility index (Phi) is 6.18. The molecule has 1 aliphatic carbocycles. The van der Waals surface area contributed by atoms with E-state index in [2.05, 4.69) is 36.3 Å². The molecule has 0 radical (unpaired) electrons. The van der Waals surface area contributed by atoms with Gasteiger partial charge in [0.1, 0.15) is 12.3 Å². The van der Waals surface area contributed by atoms with Crippen LogP contribution in [0.4, 0.5) is 0 Å². The van der Waals surface area contributed by atoms with Crippen LogP contribution in [0.1, 0.15) is 67.2 Å². The first-order valence-electron chi connectivity index (χ1n) is 12.4. The Hall–Kier alpha value is -3.49. The van der Waals surface area contributed by atoms with Crippen molar-refractivity contribution in [3.05, 3.63) is 103 Å². The first-order valence-corrected chi connectivity index (χ1v) is 12.4. The smallest absolute Gasteiger partial charge is 0.330 e. The summed E-state index contributed by atoms with van der Waals surface area (Å²) < 4.78 is 7.27. The fraction of sp³-hybridized carbons (Fsp3) is 0.393. The van der Waals surface area contributed by atoms with Gasteiger partial charge in [0.05, 0.1) is 12.0 Å². The molecule has 1 saturated heterocycles. The van der Waals surface area contributed by atoms with Crippen LogP contribution in [-0.4, -0.2) is 39.3 Å². The van der Waals surface area contributed by atoms with Gasteiger partial charge in [0, 0.05) is 30.1 Å².